The van der Waals surface area contributed by atoms with E-state index in [0.717, 1.165) is 57.1 Å². The van der Waals surface area contributed by atoms with Crippen molar-refractivity contribution < 1.29 is 9.53 Å². The molecule has 116 valence electrons. The number of ether oxygens (including phenoxy) is 1. The molecule has 0 atom stereocenters. The van der Waals surface area contributed by atoms with Gasteiger partial charge in [0.1, 0.15) is 0 Å². The normalized spacial score (nSPS) is 21.4. The highest BCUT2D eigenvalue weighted by molar-refractivity contribution is 7.13. The maximum Gasteiger partial charge on any atom is 0.220 e. The quantitative estimate of drug-likeness (QED) is 0.925. The highest BCUT2D eigenvalue weighted by atomic mass is 32.1. The van der Waals surface area contributed by atoms with Gasteiger partial charge in [-0.25, -0.2) is 4.98 Å². The zero-order chi connectivity index (χ0) is 14.5. The summed E-state index contributed by atoms with van der Waals surface area (Å²) in [4.78, 5) is 18.8. The number of rotatable bonds is 4. The van der Waals surface area contributed by atoms with Gasteiger partial charge < -0.3 is 15.0 Å². The van der Waals surface area contributed by atoms with Crippen LogP contribution in [0.25, 0.3) is 0 Å². The second-order valence-corrected chi connectivity index (χ2v) is 6.78. The van der Waals surface area contributed by atoms with Crippen molar-refractivity contribution in [2.45, 2.75) is 38.1 Å². The van der Waals surface area contributed by atoms with Gasteiger partial charge in [-0.05, 0) is 31.6 Å². The third-order valence-corrected chi connectivity index (χ3v) is 5.20. The van der Waals surface area contributed by atoms with Crippen LogP contribution in [0.3, 0.4) is 0 Å². The van der Waals surface area contributed by atoms with Crippen molar-refractivity contribution in [2.75, 3.05) is 31.2 Å². The van der Waals surface area contributed by atoms with E-state index in [2.05, 4.69) is 15.2 Å². The fourth-order valence-electron chi connectivity index (χ4n) is 3.09. The Balaban J connectivity index is 1.39. The van der Waals surface area contributed by atoms with Gasteiger partial charge in [0, 0.05) is 50.3 Å². The van der Waals surface area contributed by atoms with Crippen molar-refractivity contribution in [1.82, 2.24) is 10.3 Å². The molecule has 2 fully saturated rings. The first-order valence-electron chi connectivity index (χ1n) is 7.83. The van der Waals surface area contributed by atoms with Crippen LogP contribution in [0.4, 0.5) is 5.13 Å². The third kappa shape index (κ3) is 4.17. The van der Waals surface area contributed by atoms with E-state index in [-0.39, 0.29) is 5.91 Å². The number of hydrogen-bond donors (Lipinski definition) is 1. The van der Waals surface area contributed by atoms with Crippen molar-refractivity contribution in [3.8, 4) is 0 Å². The first kappa shape index (κ1) is 14.8. The lowest BCUT2D eigenvalue weighted by Gasteiger charge is -2.32. The van der Waals surface area contributed by atoms with Crippen LogP contribution >= 0.6 is 11.3 Å². The average molecular weight is 309 g/mol. The summed E-state index contributed by atoms with van der Waals surface area (Å²) in [6.07, 6.45) is 6.59. The molecule has 5 nitrogen and oxygen atoms in total. The summed E-state index contributed by atoms with van der Waals surface area (Å²) in [5, 5.41) is 6.32. The molecule has 0 aromatic carbocycles. The number of amides is 1. The van der Waals surface area contributed by atoms with E-state index in [4.69, 9.17) is 4.74 Å². The Labute approximate surface area is 129 Å². The fourth-order valence-corrected chi connectivity index (χ4v) is 3.78. The van der Waals surface area contributed by atoms with Crippen molar-refractivity contribution in [3.05, 3.63) is 11.6 Å². The summed E-state index contributed by atoms with van der Waals surface area (Å²) in [5.74, 6) is 0.726. The number of nitrogens with zero attached hydrogens (tertiary/aromatic N) is 2. The third-order valence-electron chi connectivity index (χ3n) is 4.36. The molecule has 21 heavy (non-hydrogen) atoms. The Morgan fingerprint density at radius 1 is 1.33 bits per heavy atom. The lowest BCUT2D eigenvalue weighted by atomic mass is 9.95. The maximum atomic E-state index is 12.1. The lowest BCUT2D eigenvalue weighted by molar-refractivity contribution is -0.123. The zero-order valence-corrected chi connectivity index (χ0v) is 13.1. The molecular weight excluding hydrogens is 286 g/mol. The zero-order valence-electron chi connectivity index (χ0n) is 12.3. The minimum absolute atomic E-state index is 0.217. The number of thiazole rings is 1. The van der Waals surface area contributed by atoms with Gasteiger partial charge in [-0.2, -0.15) is 0 Å². The molecule has 0 bridgehead atoms. The SMILES string of the molecule is O=C(CC1CCOCC1)NC1CCN(c2nccs2)CC1. The van der Waals surface area contributed by atoms with Crippen molar-refractivity contribution >= 4 is 22.4 Å². The number of hydrogen-bond acceptors (Lipinski definition) is 5. The second kappa shape index (κ2) is 7.22. The Bertz CT molecular complexity index is 438. The lowest BCUT2D eigenvalue weighted by Crippen LogP contribution is -2.45. The minimum Gasteiger partial charge on any atom is -0.381 e. The molecule has 0 unspecified atom stereocenters. The van der Waals surface area contributed by atoms with Crippen LogP contribution in [0.2, 0.25) is 0 Å². The molecule has 6 heteroatoms. The van der Waals surface area contributed by atoms with Crippen molar-refractivity contribution in [2.24, 2.45) is 5.92 Å². The average Bonchev–Trinajstić information content (AvgIpc) is 3.03. The maximum absolute atomic E-state index is 12.1. The Morgan fingerprint density at radius 2 is 2.10 bits per heavy atom. The molecule has 0 saturated carbocycles. The standard InChI is InChI=1S/C15H23N3O2S/c19-14(11-12-3-8-20-9-4-12)17-13-1-6-18(7-2-13)15-16-5-10-21-15/h5,10,12-13H,1-4,6-9,11H2,(H,17,19). The molecule has 1 aromatic rings. The smallest absolute Gasteiger partial charge is 0.220 e. The number of aromatic nitrogens is 1. The molecule has 0 spiro atoms. The predicted octanol–water partition coefficient (Wildman–Crippen LogP) is 2.04. The van der Waals surface area contributed by atoms with Gasteiger partial charge in [0.15, 0.2) is 5.13 Å². The summed E-state index contributed by atoms with van der Waals surface area (Å²) >= 11 is 1.68. The first-order chi connectivity index (χ1) is 10.3. The van der Waals surface area contributed by atoms with Gasteiger partial charge in [-0.1, -0.05) is 0 Å². The highest BCUT2D eigenvalue weighted by Gasteiger charge is 2.23. The summed E-state index contributed by atoms with van der Waals surface area (Å²) in [7, 11) is 0. The fraction of sp³-hybridized carbons (Fsp3) is 0.733. The van der Waals surface area contributed by atoms with Crippen LogP contribution < -0.4 is 10.2 Å². The van der Waals surface area contributed by atoms with Gasteiger partial charge in [-0.15, -0.1) is 11.3 Å². The van der Waals surface area contributed by atoms with E-state index in [1.807, 2.05) is 11.6 Å². The summed E-state index contributed by atoms with van der Waals surface area (Å²) in [5.41, 5.74) is 0. The predicted molar refractivity (Wildman–Crippen MR) is 83.7 cm³/mol. The van der Waals surface area contributed by atoms with E-state index in [1.165, 1.54) is 0 Å². The Morgan fingerprint density at radius 3 is 2.76 bits per heavy atom. The first-order valence-corrected chi connectivity index (χ1v) is 8.71. The van der Waals surface area contributed by atoms with E-state index >= 15 is 0 Å². The van der Waals surface area contributed by atoms with Gasteiger partial charge >= 0.3 is 0 Å². The Hall–Kier alpha value is -1.14. The van der Waals surface area contributed by atoms with Gasteiger partial charge in [-0.3, -0.25) is 4.79 Å². The molecule has 1 N–H and O–H groups in total. The van der Waals surface area contributed by atoms with Crippen LogP contribution in [-0.2, 0) is 9.53 Å². The summed E-state index contributed by atoms with van der Waals surface area (Å²) in [6.45, 7) is 3.58. The van der Waals surface area contributed by atoms with Crippen LogP contribution in [0.5, 0.6) is 0 Å². The number of piperidine rings is 1. The van der Waals surface area contributed by atoms with Crippen molar-refractivity contribution in [3.63, 3.8) is 0 Å². The molecular formula is C15H23N3O2S. The van der Waals surface area contributed by atoms with Crippen molar-refractivity contribution in [1.29, 1.82) is 0 Å². The Kier molecular flexibility index (Phi) is 5.08. The summed E-state index contributed by atoms with van der Waals surface area (Å²) in [6, 6.07) is 0.327. The molecule has 1 amide bonds. The molecule has 3 rings (SSSR count). The van der Waals surface area contributed by atoms with E-state index in [9.17, 15) is 4.79 Å². The van der Waals surface area contributed by atoms with Crippen LogP contribution in [0, 0.1) is 5.92 Å². The number of carbonyl (C=O) groups excluding carboxylic acids is 1. The molecule has 3 heterocycles. The second-order valence-electron chi connectivity index (χ2n) is 5.90. The van der Waals surface area contributed by atoms with Gasteiger partial charge in [0.25, 0.3) is 0 Å². The topological polar surface area (TPSA) is 54.5 Å². The molecule has 2 saturated heterocycles. The number of nitrogens with one attached hydrogen (secondary N) is 1. The monoisotopic (exact) mass is 309 g/mol. The molecule has 2 aliphatic heterocycles. The van der Waals surface area contributed by atoms with E-state index in [1.54, 1.807) is 11.3 Å². The molecule has 2 aliphatic rings. The largest absolute Gasteiger partial charge is 0.381 e. The van der Waals surface area contributed by atoms with E-state index < -0.39 is 0 Å². The number of anilines is 1. The minimum atomic E-state index is 0.217. The summed E-state index contributed by atoms with van der Waals surface area (Å²) < 4.78 is 5.34. The molecule has 1 aromatic heterocycles. The molecule has 0 radical (unpaired) electrons. The van der Waals surface area contributed by atoms with Crippen LogP contribution in [-0.4, -0.2) is 43.2 Å². The van der Waals surface area contributed by atoms with Gasteiger partial charge in [0.05, 0.1) is 0 Å². The van der Waals surface area contributed by atoms with E-state index in [0.29, 0.717) is 18.4 Å². The highest BCUT2D eigenvalue weighted by Crippen LogP contribution is 2.22. The van der Waals surface area contributed by atoms with Crippen LogP contribution in [0.1, 0.15) is 32.1 Å². The number of carbonyl (C=O) groups is 1. The molecule has 0 aliphatic carbocycles. The van der Waals surface area contributed by atoms with Crippen LogP contribution in [0.15, 0.2) is 11.6 Å². The van der Waals surface area contributed by atoms with Gasteiger partial charge in [0.2, 0.25) is 5.91 Å².